The molecule has 0 unspecified atom stereocenters. The smallest absolute Gasteiger partial charge is 0.0108 e. The molecule has 0 atom stereocenters. The lowest BCUT2D eigenvalue weighted by atomic mass is 9.86. The highest BCUT2D eigenvalue weighted by molar-refractivity contribution is 5.27. The Kier molecular flexibility index (Phi) is 4.41. The maximum Gasteiger partial charge on any atom is 0.0108 e. The van der Waals surface area contributed by atoms with Crippen molar-refractivity contribution in [1.82, 2.24) is 10.2 Å². The fraction of sp³-hybridized carbons (Fsp3) is 0.625. The molecule has 1 aliphatic heterocycles. The molecular formula is C16H26N2. The van der Waals surface area contributed by atoms with Crippen LogP contribution in [0.1, 0.15) is 31.9 Å². The Labute approximate surface area is 111 Å². The van der Waals surface area contributed by atoms with Gasteiger partial charge in [-0.1, -0.05) is 45.0 Å². The van der Waals surface area contributed by atoms with Crippen molar-refractivity contribution in [3.05, 3.63) is 35.4 Å². The molecule has 1 aromatic rings. The Bertz CT molecular complexity index is 356. The summed E-state index contributed by atoms with van der Waals surface area (Å²) in [5, 5.41) is 3.40. The molecule has 0 aliphatic carbocycles. The Hall–Kier alpha value is -0.860. The molecular weight excluding hydrogens is 220 g/mol. The zero-order valence-electron chi connectivity index (χ0n) is 12.0. The molecule has 2 nitrogen and oxygen atoms in total. The number of nitrogens with zero attached hydrogens (tertiary/aromatic N) is 1. The summed E-state index contributed by atoms with van der Waals surface area (Å²) < 4.78 is 0. The average Bonchev–Trinajstić information content (AvgIpc) is 2.37. The summed E-state index contributed by atoms with van der Waals surface area (Å²) in [5.41, 5.74) is 3.15. The summed E-state index contributed by atoms with van der Waals surface area (Å²) in [5.74, 6) is 0. The lowest BCUT2D eigenvalue weighted by Gasteiger charge is -2.27. The van der Waals surface area contributed by atoms with Crippen molar-refractivity contribution in [3.63, 3.8) is 0 Å². The topological polar surface area (TPSA) is 15.3 Å². The van der Waals surface area contributed by atoms with E-state index in [1.54, 1.807) is 0 Å². The maximum absolute atomic E-state index is 3.40. The first-order valence-corrected chi connectivity index (χ1v) is 7.08. The number of hydrogen-bond acceptors (Lipinski definition) is 2. The van der Waals surface area contributed by atoms with Crippen LogP contribution in [-0.4, -0.2) is 37.6 Å². The van der Waals surface area contributed by atoms with Crippen molar-refractivity contribution in [2.24, 2.45) is 0 Å². The molecule has 1 saturated heterocycles. The van der Waals surface area contributed by atoms with E-state index in [9.17, 15) is 0 Å². The first-order chi connectivity index (χ1) is 8.55. The van der Waals surface area contributed by atoms with Crippen LogP contribution in [-0.2, 0) is 11.8 Å². The van der Waals surface area contributed by atoms with E-state index >= 15 is 0 Å². The summed E-state index contributed by atoms with van der Waals surface area (Å²) in [6.07, 6.45) is 1.17. The Balaban J connectivity index is 1.86. The zero-order chi connectivity index (χ0) is 13.0. The van der Waals surface area contributed by atoms with E-state index < -0.39 is 0 Å². The van der Waals surface area contributed by atoms with Gasteiger partial charge in [-0.3, -0.25) is 0 Å². The highest BCUT2D eigenvalue weighted by atomic mass is 15.2. The van der Waals surface area contributed by atoms with Crippen molar-refractivity contribution < 1.29 is 0 Å². The monoisotopic (exact) mass is 246 g/mol. The van der Waals surface area contributed by atoms with E-state index in [2.05, 4.69) is 55.3 Å². The number of nitrogens with one attached hydrogen (secondary N) is 1. The standard InChI is InChI=1S/C16H26N2/c1-16(2,3)15-6-4-14(5-7-15)8-11-18-12-9-17-10-13-18/h4-7,17H,8-13H2,1-3H3. The Morgan fingerprint density at radius 1 is 1.06 bits per heavy atom. The normalized spacial score (nSPS) is 17.9. The molecule has 2 heteroatoms. The van der Waals surface area contributed by atoms with Gasteiger partial charge in [0, 0.05) is 32.7 Å². The van der Waals surface area contributed by atoms with E-state index in [0.29, 0.717) is 0 Å². The van der Waals surface area contributed by atoms with E-state index in [4.69, 9.17) is 0 Å². The van der Waals surface area contributed by atoms with Crippen LogP contribution in [0, 0.1) is 0 Å². The number of rotatable bonds is 3. The van der Waals surface area contributed by atoms with Gasteiger partial charge in [0.05, 0.1) is 0 Å². The number of hydrogen-bond donors (Lipinski definition) is 1. The minimum atomic E-state index is 0.261. The fourth-order valence-corrected chi connectivity index (χ4v) is 2.39. The van der Waals surface area contributed by atoms with Gasteiger partial charge >= 0.3 is 0 Å². The molecule has 1 N–H and O–H groups in total. The second kappa shape index (κ2) is 5.85. The first kappa shape index (κ1) is 13.6. The molecule has 100 valence electrons. The fourth-order valence-electron chi connectivity index (χ4n) is 2.39. The maximum atomic E-state index is 3.40. The molecule has 1 heterocycles. The SMILES string of the molecule is CC(C)(C)c1ccc(CCN2CCNCC2)cc1. The predicted molar refractivity (Wildman–Crippen MR) is 78.2 cm³/mol. The van der Waals surface area contributed by atoms with Gasteiger partial charge in [0.25, 0.3) is 0 Å². The van der Waals surface area contributed by atoms with Crippen LogP contribution < -0.4 is 5.32 Å². The second-order valence-electron chi connectivity index (χ2n) is 6.29. The quantitative estimate of drug-likeness (QED) is 0.881. The van der Waals surface area contributed by atoms with Crippen LogP contribution in [0.25, 0.3) is 0 Å². The van der Waals surface area contributed by atoms with Gasteiger partial charge < -0.3 is 10.2 Å². The van der Waals surface area contributed by atoms with Crippen LogP contribution in [0.5, 0.6) is 0 Å². The molecule has 1 fully saturated rings. The molecule has 0 bridgehead atoms. The van der Waals surface area contributed by atoms with Crippen LogP contribution >= 0.6 is 0 Å². The molecule has 18 heavy (non-hydrogen) atoms. The van der Waals surface area contributed by atoms with E-state index in [1.807, 2.05) is 0 Å². The van der Waals surface area contributed by atoms with E-state index in [-0.39, 0.29) is 5.41 Å². The van der Waals surface area contributed by atoms with Gasteiger partial charge in [-0.15, -0.1) is 0 Å². The van der Waals surface area contributed by atoms with Gasteiger partial charge in [0.1, 0.15) is 0 Å². The summed E-state index contributed by atoms with van der Waals surface area (Å²) in [6.45, 7) is 12.7. The average molecular weight is 246 g/mol. The van der Waals surface area contributed by atoms with Crippen molar-refractivity contribution in [2.45, 2.75) is 32.6 Å². The van der Waals surface area contributed by atoms with E-state index in [0.717, 1.165) is 13.1 Å². The first-order valence-electron chi connectivity index (χ1n) is 7.08. The van der Waals surface area contributed by atoms with Crippen LogP contribution in [0.3, 0.4) is 0 Å². The molecule has 0 saturated carbocycles. The predicted octanol–water partition coefficient (Wildman–Crippen LogP) is 2.43. The molecule has 0 radical (unpaired) electrons. The van der Waals surface area contributed by atoms with Crippen molar-refractivity contribution in [2.75, 3.05) is 32.7 Å². The Morgan fingerprint density at radius 3 is 2.22 bits per heavy atom. The third-order valence-corrected chi connectivity index (χ3v) is 3.75. The summed E-state index contributed by atoms with van der Waals surface area (Å²) in [4.78, 5) is 2.55. The molecule has 1 aliphatic rings. The van der Waals surface area contributed by atoms with Gasteiger partial charge in [-0.2, -0.15) is 0 Å². The molecule has 0 spiro atoms. The Morgan fingerprint density at radius 2 is 1.67 bits per heavy atom. The molecule has 0 amide bonds. The second-order valence-corrected chi connectivity index (χ2v) is 6.29. The van der Waals surface area contributed by atoms with Crippen LogP contribution in [0.2, 0.25) is 0 Å². The minimum absolute atomic E-state index is 0.261. The third-order valence-electron chi connectivity index (χ3n) is 3.75. The summed E-state index contributed by atoms with van der Waals surface area (Å²) in [7, 11) is 0. The summed E-state index contributed by atoms with van der Waals surface area (Å²) >= 11 is 0. The van der Waals surface area contributed by atoms with Crippen molar-refractivity contribution in [1.29, 1.82) is 0 Å². The van der Waals surface area contributed by atoms with Crippen LogP contribution in [0.15, 0.2) is 24.3 Å². The minimum Gasteiger partial charge on any atom is -0.314 e. The number of piperazine rings is 1. The lowest BCUT2D eigenvalue weighted by molar-refractivity contribution is 0.244. The largest absolute Gasteiger partial charge is 0.314 e. The van der Waals surface area contributed by atoms with Gasteiger partial charge in [0.15, 0.2) is 0 Å². The summed E-state index contributed by atoms with van der Waals surface area (Å²) in [6, 6.07) is 9.16. The zero-order valence-corrected chi connectivity index (χ0v) is 12.0. The van der Waals surface area contributed by atoms with Crippen molar-refractivity contribution in [3.8, 4) is 0 Å². The third kappa shape index (κ3) is 3.82. The highest BCUT2D eigenvalue weighted by Gasteiger charge is 2.13. The van der Waals surface area contributed by atoms with Gasteiger partial charge in [0.2, 0.25) is 0 Å². The molecule has 1 aromatic carbocycles. The van der Waals surface area contributed by atoms with Crippen LogP contribution in [0.4, 0.5) is 0 Å². The van der Waals surface area contributed by atoms with Crippen molar-refractivity contribution >= 4 is 0 Å². The van der Waals surface area contributed by atoms with Gasteiger partial charge in [-0.05, 0) is 23.0 Å². The molecule has 0 aromatic heterocycles. The molecule has 2 rings (SSSR count). The highest BCUT2D eigenvalue weighted by Crippen LogP contribution is 2.22. The van der Waals surface area contributed by atoms with E-state index in [1.165, 1.54) is 37.2 Å². The van der Waals surface area contributed by atoms with Gasteiger partial charge in [-0.25, -0.2) is 0 Å². The lowest BCUT2D eigenvalue weighted by Crippen LogP contribution is -2.44. The number of benzene rings is 1.